The lowest BCUT2D eigenvalue weighted by molar-refractivity contribution is 0.358. The number of nitrogens with two attached hydrogens (primary N) is 1. The van der Waals surface area contributed by atoms with Gasteiger partial charge in [-0.1, -0.05) is 17.3 Å². The second kappa shape index (κ2) is 6.32. The molecule has 0 atom stereocenters. The summed E-state index contributed by atoms with van der Waals surface area (Å²) in [5.74, 6) is 2.68. The highest BCUT2D eigenvalue weighted by Gasteiger charge is 2.18. The van der Waals surface area contributed by atoms with Crippen molar-refractivity contribution in [2.75, 3.05) is 19.5 Å². The first-order valence-electron chi connectivity index (χ1n) is 7.90. The molecule has 2 heterocycles. The fourth-order valence-corrected chi connectivity index (χ4v) is 2.68. The predicted molar refractivity (Wildman–Crippen MR) is 94.3 cm³/mol. The Morgan fingerprint density at radius 3 is 2.80 bits per heavy atom. The van der Waals surface area contributed by atoms with Crippen molar-refractivity contribution in [1.82, 2.24) is 10.1 Å². The average molecular weight is 335 g/mol. The number of rotatable bonds is 4. The van der Waals surface area contributed by atoms with Crippen LogP contribution < -0.4 is 15.2 Å². The minimum absolute atomic E-state index is 0.403. The Morgan fingerprint density at radius 1 is 1.16 bits per heavy atom. The third kappa shape index (κ3) is 3.19. The molecule has 3 aromatic rings. The lowest BCUT2D eigenvalue weighted by Gasteiger charge is -2.16. The number of fused-ring (bicyclic) bond motifs is 1. The van der Waals surface area contributed by atoms with Crippen LogP contribution in [0.1, 0.15) is 22.8 Å². The number of aromatic nitrogens is 2. The molecular weight excluding hydrogens is 318 g/mol. The maximum absolute atomic E-state index is 5.77. The molecule has 0 amide bonds. The standard InChI is InChI=1S/C19H17N3O3/c1-23-16-6-7-17-13(10-16)9-14(11-24-17)19-21-18(25-22-19)8-12-2-4-15(20)5-3-12/h2-7,9-10H,8,11,20H2,1H3. The van der Waals surface area contributed by atoms with E-state index in [-0.39, 0.29) is 0 Å². The SMILES string of the molecule is COc1ccc2c(c1)C=C(c1noc(Cc3ccc(N)cc3)n1)CO2. The zero-order chi connectivity index (χ0) is 17.2. The van der Waals surface area contributed by atoms with Crippen LogP contribution in [-0.4, -0.2) is 23.9 Å². The van der Waals surface area contributed by atoms with Gasteiger partial charge in [-0.3, -0.25) is 0 Å². The van der Waals surface area contributed by atoms with Crippen LogP contribution in [0.5, 0.6) is 11.5 Å². The second-order valence-electron chi connectivity index (χ2n) is 5.79. The van der Waals surface area contributed by atoms with Gasteiger partial charge in [0.2, 0.25) is 11.7 Å². The van der Waals surface area contributed by atoms with Gasteiger partial charge in [0.1, 0.15) is 18.1 Å². The summed E-state index contributed by atoms with van der Waals surface area (Å²) < 4.78 is 16.4. The smallest absolute Gasteiger partial charge is 0.231 e. The van der Waals surface area contributed by atoms with E-state index in [1.165, 1.54) is 0 Å². The molecule has 0 radical (unpaired) electrons. The molecule has 1 aromatic heterocycles. The van der Waals surface area contributed by atoms with Gasteiger partial charge in [-0.15, -0.1) is 0 Å². The number of nitrogen functional groups attached to an aromatic ring is 1. The second-order valence-corrected chi connectivity index (χ2v) is 5.79. The van der Waals surface area contributed by atoms with Crippen molar-refractivity contribution in [1.29, 1.82) is 0 Å². The van der Waals surface area contributed by atoms with E-state index in [1.807, 2.05) is 48.5 Å². The number of benzene rings is 2. The van der Waals surface area contributed by atoms with Crippen LogP contribution in [0.4, 0.5) is 5.69 Å². The van der Waals surface area contributed by atoms with Crippen LogP contribution >= 0.6 is 0 Å². The summed E-state index contributed by atoms with van der Waals surface area (Å²) in [7, 11) is 1.64. The zero-order valence-corrected chi connectivity index (χ0v) is 13.7. The Balaban J connectivity index is 1.57. The van der Waals surface area contributed by atoms with Gasteiger partial charge < -0.3 is 19.7 Å². The maximum atomic E-state index is 5.77. The summed E-state index contributed by atoms with van der Waals surface area (Å²) in [5, 5.41) is 4.08. The molecule has 2 aromatic carbocycles. The molecule has 6 heteroatoms. The minimum Gasteiger partial charge on any atom is -0.497 e. The van der Waals surface area contributed by atoms with Gasteiger partial charge in [0.15, 0.2) is 0 Å². The van der Waals surface area contributed by atoms with Crippen molar-refractivity contribution in [3.05, 3.63) is 65.3 Å². The highest BCUT2D eigenvalue weighted by atomic mass is 16.5. The highest BCUT2D eigenvalue weighted by Crippen LogP contribution is 2.32. The van der Waals surface area contributed by atoms with Crippen LogP contribution in [0.25, 0.3) is 11.6 Å². The van der Waals surface area contributed by atoms with E-state index in [0.717, 1.165) is 33.9 Å². The van der Waals surface area contributed by atoms with E-state index in [2.05, 4.69) is 10.1 Å². The summed E-state index contributed by atoms with van der Waals surface area (Å²) in [6, 6.07) is 13.3. The third-order valence-electron chi connectivity index (χ3n) is 4.02. The summed E-state index contributed by atoms with van der Waals surface area (Å²) in [5.41, 5.74) is 9.30. The van der Waals surface area contributed by atoms with Crippen molar-refractivity contribution in [2.45, 2.75) is 6.42 Å². The third-order valence-corrected chi connectivity index (χ3v) is 4.02. The first-order valence-corrected chi connectivity index (χ1v) is 7.90. The topological polar surface area (TPSA) is 83.4 Å². The van der Waals surface area contributed by atoms with Crippen LogP contribution in [0.15, 0.2) is 47.0 Å². The van der Waals surface area contributed by atoms with Crippen molar-refractivity contribution in [2.24, 2.45) is 0 Å². The molecule has 0 fully saturated rings. The molecule has 126 valence electrons. The lowest BCUT2D eigenvalue weighted by atomic mass is 10.1. The van der Waals surface area contributed by atoms with Crippen molar-refractivity contribution >= 4 is 17.3 Å². The molecule has 2 N–H and O–H groups in total. The van der Waals surface area contributed by atoms with Crippen LogP contribution in [0.2, 0.25) is 0 Å². The molecule has 6 nitrogen and oxygen atoms in total. The summed E-state index contributed by atoms with van der Waals surface area (Å²) in [6.07, 6.45) is 2.56. The van der Waals surface area contributed by atoms with E-state index in [4.69, 9.17) is 19.7 Å². The fourth-order valence-electron chi connectivity index (χ4n) is 2.68. The molecule has 4 rings (SSSR count). The van der Waals surface area contributed by atoms with E-state index < -0.39 is 0 Å². The van der Waals surface area contributed by atoms with E-state index in [1.54, 1.807) is 7.11 Å². The van der Waals surface area contributed by atoms with Crippen molar-refractivity contribution in [3.8, 4) is 11.5 Å². The Morgan fingerprint density at radius 2 is 2.00 bits per heavy atom. The molecule has 0 aliphatic carbocycles. The van der Waals surface area contributed by atoms with E-state index in [0.29, 0.717) is 24.7 Å². The fraction of sp³-hybridized carbons (Fsp3) is 0.158. The average Bonchev–Trinajstić information content (AvgIpc) is 3.11. The predicted octanol–water partition coefficient (Wildman–Crippen LogP) is 3.18. The molecule has 0 saturated carbocycles. The number of ether oxygens (including phenoxy) is 2. The summed E-state index contributed by atoms with van der Waals surface area (Å²) >= 11 is 0. The first kappa shape index (κ1) is 15.3. The van der Waals surface area contributed by atoms with Gasteiger partial charge in [0, 0.05) is 16.8 Å². The Kier molecular flexibility index (Phi) is 3.85. The van der Waals surface area contributed by atoms with E-state index >= 15 is 0 Å². The van der Waals surface area contributed by atoms with Gasteiger partial charge in [0.05, 0.1) is 13.5 Å². The summed E-state index contributed by atoms with van der Waals surface area (Å²) in [4.78, 5) is 4.48. The number of methoxy groups -OCH3 is 1. The molecule has 1 aliphatic heterocycles. The number of anilines is 1. The molecule has 0 spiro atoms. The van der Waals surface area contributed by atoms with Gasteiger partial charge in [-0.2, -0.15) is 4.98 Å². The molecule has 25 heavy (non-hydrogen) atoms. The maximum Gasteiger partial charge on any atom is 0.231 e. The molecular formula is C19H17N3O3. The molecule has 0 saturated heterocycles. The lowest BCUT2D eigenvalue weighted by Crippen LogP contribution is -2.07. The van der Waals surface area contributed by atoms with Gasteiger partial charge in [-0.05, 0) is 42.0 Å². The van der Waals surface area contributed by atoms with E-state index in [9.17, 15) is 0 Å². The first-order chi connectivity index (χ1) is 12.2. The van der Waals surface area contributed by atoms with Crippen LogP contribution in [0, 0.1) is 0 Å². The minimum atomic E-state index is 0.403. The quantitative estimate of drug-likeness (QED) is 0.737. The highest BCUT2D eigenvalue weighted by molar-refractivity contribution is 5.83. The van der Waals surface area contributed by atoms with Gasteiger partial charge in [0.25, 0.3) is 0 Å². The number of hydrogen-bond acceptors (Lipinski definition) is 6. The largest absolute Gasteiger partial charge is 0.497 e. The van der Waals surface area contributed by atoms with Crippen LogP contribution in [0.3, 0.4) is 0 Å². The Labute approximate surface area is 144 Å². The normalized spacial score (nSPS) is 12.9. The van der Waals surface area contributed by atoms with Crippen molar-refractivity contribution < 1.29 is 14.0 Å². The zero-order valence-electron chi connectivity index (χ0n) is 13.7. The van der Waals surface area contributed by atoms with Crippen LogP contribution in [-0.2, 0) is 6.42 Å². The van der Waals surface area contributed by atoms with Gasteiger partial charge in [-0.25, -0.2) is 0 Å². The number of hydrogen-bond donors (Lipinski definition) is 1. The Bertz CT molecular complexity index is 929. The van der Waals surface area contributed by atoms with Gasteiger partial charge >= 0.3 is 0 Å². The monoisotopic (exact) mass is 335 g/mol. The number of nitrogens with zero attached hydrogens (tertiary/aromatic N) is 2. The molecule has 0 bridgehead atoms. The molecule has 0 unspecified atom stereocenters. The summed E-state index contributed by atoms with van der Waals surface area (Å²) in [6.45, 7) is 0.403. The Hall–Kier alpha value is -3.28. The van der Waals surface area contributed by atoms with Crippen molar-refractivity contribution in [3.63, 3.8) is 0 Å². The molecule has 1 aliphatic rings.